The lowest BCUT2D eigenvalue weighted by Crippen LogP contribution is -2.56. The largest absolute Gasteiger partial charge is 0.573 e. The van der Waals surface area contributed by atoms with Crippen LogP contribution < -0.4 is 20.1 Å². The number of urea groups is 1. The van der Waals surface area contributed by atoms with Gasteiger partial charge in [-0.05, 0) is 41.0 Å². The van der Waals surface area contributed by atoms with Gasteiger partial charge in [0.25, 0.3) is 0 Å². The zero-order valence-corrected chi connectivity index (χ0v) is 21.5. The Bertz CT molecular complexity index is 1350. The molecule has 0 saturated carbocycles. The third-order valence-electron chi connectivity index (χ3n) is 5.84. The lowest BCUT2D eigenvalue weighted by Gasteiger charge is -2.37. The normalized spacial score (nSPS) is 13.1. The first-order valence-corrected chi connectivity index (χ1v) is 12.0. The molecule has 1 unspecified atom stereocenters. The van der Waals surface area contributed by atoms with Gasteiger partial charge in [-0.1, -0.05) is 54.6 Å². The van der Waals surface area contributed by atoms with Crippen molar-refractivity contribution in [1.82, 2.24) is 10.6 Å². The third kappa shape index (κ3) is 9.72. The molecule has 1 atom stereocenters. The average Bonchev–Trinajstić information content (AvgIpc) is 2.86. The van der Waals surface area contributed by atoms with Crippen molar-refractivity contribution in [2.45, 2.75) is 43.3 Å². The van der Waals surface area contributed by atoms with Crippen LogP contribution in [0.5, 0.6) is 11.5 Å². The number of hydrogen-bond donors (Lipinski definition) is 3. The number of nitrogens with one attached hydrogen (secondary N) is 2. The molecule has 0 spiro atoms. The summed E-state index contributed by atoms with van der Waals surface area (Å²) in [7, 11) is 0. The minimum absolute atomic E-state index is 0.251. The molecule has 0 aromatic heterocycles. The van der Waals surface area contributed by atoms with Crippen LogP contribution in [-0.2, 0) is 16.8 Å². The Hall–Kier alpha value is -4.63. The lowest BCUT2D eigenvalue weighted by atomic mass is 9.77. The summed E-state index contributed by atoms with van der Waals surface area (Å²) in [5.41, 5.74) is -2.34. The predicted octanol–water partition coefficient (Wildman–Crippen LogP) is 6.67. The van der Waals surface area contributed by atoms with Crippen molar-refractivity contribution >= 4 is 12.0 Å². The first-order valence-electron chi connectivity index (χ1n) is 12.0. The Kier molecular flexibility index (Phi) is 9.72. The smallest absolute Gasteiger partial charge is 0.481 e. The maximum absolute atomic E-state index is 13.5. The molecule has 0 radical (unpaired) electrons. The van der Waals surface area contributed by atoms with E-state index < -0.39 is 66.8 Å². The summed E-state index contributed by atoms with van der Waals surface area (Å²) in [6.07, 6.45) is -17.6. The average molecular weight is 624 g/mol. The minimum Gasteiger partial charge on any atom is -0.481 e. The van der Waals surface area contributed by atoms with Gasteiger partial charge in [0.2, 0.25) is 0 Å². The fourth-order valence-corrected chi connectivity index (χ4v) is 4.19. The highest BCUT2D eigenvalue weighted by molar-refractivity contribution is 5.78. The Balaban J connectivity index is 2.25. The van der Waals surface area contributed by atoms with Gasteiger partial charge < -0.3 is 25.2 Å². The van der Waals surface area contributed by atoms with Crippen LogP contribution in [0, 0.1) is 0 Å². The lowest BCUT2D eigenvalue weighted by molar-refractivity contribution is -0.275. The van der Waals surface area contributed by atoms with Crippen LogP contribution in [0.1, 0.15) is 23.1 Å². The van der Waals surface area contributed by atoms with Crippen LogP contribution >= 0.6 is 0 Å². The number of rotatable bonds is 10. The van der Waals surface area contributed by atoms with Crippen LogP contribution in [0.2, 0.25) is 0 Å². The summed E-state index contributed by atoms with van der Waals surface area (Å²) in [6, 6.07) is 10.9. The molecule has 0 aliphatic rings. The molecule has 2 amide bonds. The predicted molar refractivity (Wildman–Crippen MR) is 131 cm³/mol. The molecule has 0 heterocycles. The summed E-state index contributed by atoms with van der Waals surface area (Å²) in [5.74, 6) is -3.54. The van der Waals surface area contributed by atoms with Gasteiger partial charge in [0, 0.05) is 6.42 Å². The zero-order valence-electron chi connectivity index (χ0n) is 21.5. The molecule has 232 valence electrons. The minimum atomic E-state index is -5.24. The summed E-state index contributed by atoms with van der Waals surface area (Å²) in [6.45, 7) is 0. The molecule has 3 N–H and O–H groups in total. The number of carboxylic acid groups (broad SMARTS) is 1. The highest BCUT2D eigenvalue weighted by Gasteiger charge is 2.44. The molecule has 16 heteroatoms. The molecule has 3 aromatic carbocycles. The van der Waals surface area contributed by atoms with E-state index >= 15 is 0 Å². The maximum atomic E-state index is 13.5. The Labute approximate surface area is 237 Å². The van der Waals surface area contributed by atoms with Crippen molar-refractivity contribution in [2.75, 3.05) is 0 Å². The fourth-order valence-electron chi connectivity index (χ4n) is 4.19. The number of amides is 2. The summed E-state index contributed by atoms with van der Waals surface area (Å²) >= 11 is 0. The maximum Gasteiger partial charge on any atom is 0.573 e. The zero-order chi connectivity index (χ0) is 32.1. The number of carboxylic acids is 1. The number of aliphatic carboxylic acids is 1. The molecule has 43 heavy (non-hydrogen) atoms. The Morgan fingerprint density at radius 2 is 1.21 bits per heavy atom. The summed E-state index contributed by atoms with van der Waals surface area (Å²) in [5, 5.41) is 12.7. The second-order valence-corrected chi connectivity index (χ2v) is 9.01. The number of alkyl halides is 9. The Morgan fingerprint density at radius 1 is 0.721 bits per heavy atom. The second-order valence-electron chi connectivity index (χ2n) is 9.01. The molecule has 3 rings (SSSR count). The van der Waals surface area contributed by atoms with Gasteiger partial charge in [0.05, 0.1) is 12.0 Å². The summed E-state index contributed by atoms with van der Waals surface area (Å²) in [4.78, 5) is 24.2. The van der Waals surface area contributed by atoms with Crippen LogP contribution in [0.25, 0.3) is 0 Å². The highest BCUT2D eigenvalue weighted by atomic mass is 19.4. The van der Waals surface area contributed by atoms with Crippen molar-refractivity contribution in [1.29, 1.82) is 0 Å². The molecule has 0 aliphatic carbocycles. The fraction of sp³-hybridized carbons (Fsp3) is 0.259. The van der Waals surface area contributed by atoms with Crippen molar-refractivity contribution < 1.29 is 63.7 Å². The van der Waals surface area contributed by atoms with E-state index in [2.05, 4.69) is 14.8 Å². The molecular weight excluding hydrogens is 603 g/mol. The van der Waals surface area contributed by atoms with Gasteiger partial charge >= 0.3 is 30.9 Å². The van der Waals surface area contributed by atoms with Gasteiger partial charge in [0.1, 0.15) is 17.5 Å². The molecule has 3 aromatic rings. The van der Waals surface area contributed by atoms with Gasteiger partial charge in [0.15, 0.2) is 0 Å². The number of ether oxygens (including phenoxy) is 2. The van der Waals surface area contributed by atoms with E-state index in [-0.39, 0.29) is 11.1 Å². The van der Waals surface area contributed by atoms with Gasteiger partial charge in [-0.2, -0.15) is 13.2 Å². The van der Waals surface area contributed by atoms with E-state index in [1.165, 1.54) is 41.7 Å². The summed E-state index contributed by atoms with van der Waals surface area (Å²) < 4.78 is 127. The SMILES string of the molecule is O=C(O)CC(NC(=O)NC(Cc1ccccc1)(c1cccc(OC(F)(F)F)c1)c1cccc(OC(F)(F)F)c1)C(F)(F)F. The van der Waals surface area contributed by atoms with E-state index in [0.29, 0.717) is 5.56 Å². The van der Waals surface area contributed by atoms with Gasteiger partial charge in [-0.15, -0.1) is 26.3 Å². The molecular formula is C27H21F9N2O5. The van der Waals surface area contributed by atoms with E-state index in [0.717, 1.165) is 36.4 Å². The molecule has 0 saturated heterocycles. The monoisotopic (exact) mass is 624 g/mol. The number of halogens is 9. The Morgan fingerprint density at radius 3 is 1.63 bits per heavy atom. The van der Waals surface area contributed by atoms with E-state index in [1.54, 1.807) is 6.07 Å². The molecule has 7 nitrogen and oxygen atoms in total. The second kappa shape index (κ2) is 12.7. The number of carbonyl (C=O) groups excluding carboxylic acids is 1. The van der Waals surface area contributed by atoms with Crippen molar-refractivity contribution in [3.05, 3.63) is 95.6 Å². The molecule has 0 bridgehead atoms. The van der Waals surface area contributed by atoms with E-state index in [4.69, 9.17) is 5.11 Å². The first kappa shape index (κ1) is 32.9. The highest BCUT2D eigenvalue weighted by Crippen LogP contribution is 2.38. The first-order chi connectivity index (χ1) is 19.9. The van der Waals surface area contributed by atoms with Crippen molar-refractivity contribution in [3.8, 4) is 11.5 Å². The topological polar surface area (TPSA) is 96.9 Å². The van der Waals surface area contributed by atoms with Gasteiger partial charge in [-0.25, -0.2) is 4.79 Å². The van der Waals surface area contributed by atoms with Crippen LogP contribution in [0.3, 0.4) is 0 Å². The van der Waals surface area contributed by atoms with Crippen LogP contribution in [0.15, 0.2) is 78.9 Å². The standard InChI is InChI=1S/C27H21F9N2O5/c28-25(29,30)21(14-22(39)40)37-23(41)38-24(15-16-6-2-1-3-7-16,17-8-4-10-19(12-17)42-26(31,32)33)18-9-5-11-20(13-18)43-27(34,35)36/h1-13,21H,14-15H2,(H,39,40)(H2,37,38,41). The molecule has 0 aliphatic heterocycles. The van der Waals surface area contributed by atoms with Crippen molar-refractivity contribution in [2.24, 2.45) is 0 Å². The molecule has 0 fully saturated rings. The van der Waals surface area contributed by atoms with Crippen LogP contribution in [-0.4, -0.2) is 42.0 Å². The van der Waals surface area contributed by atoms with Crippen LogP contribution in [0.4, 0.5) is 44.3 Å². The van der Waals surface area contributed by atoms with E-state index in [1.807, 2.05) is 0 Å². The quantitative estimate of drug-likeness (QED) is 0.219. The third-order valence-corrected chi connectivity index (χ3v) is 5.84. The van der Waals surface area contributed by atoms with Gasteiger partial charge in [-0.3, -0.25) is 4.79 Å². The number of benzene rings is 3. The number of carbonyl (C=O) groups is 2. The number of hydrogen-bond acceptors (Lipinski definition) is 4. The van der Waals surface area contributed by atoms with Crippen molar-refractivity contribution in [3.63, 3.8) is 0 Å². The van der Waals surface area contributed by atoms with E-state index in [9.17, 15) is 49.1 Å².